The van der Waals surface area contributed by atoms with Gasteiger partial charge in [0.15, 0.2) is 0 Å². The molecule has 0 fully saturated rings. The van der Waals surface area contributed by atoms with Crippen LogP contribution in [0.4, 0.5) is 0 Å². The van der Waals surface area contributed by atoms with E-state index in [9.17, 15) is 0 Å². The molecule has 0 spiro atoms. The Morgan fingerprint density at radius 2 is 1.60 bits per heavy atom. The van der Waals surface area contributed by atoms with Gasteiger partial charge >= 0.3 is 44.0 Å². The van der Waals surface area contributed by atoms with Crippen molar-refractivity contribution in [2.24, 2.45) is 0 Å². The van der Waals surface area contributed by atoms with Crippen LogP contribution in [0, 0.1) is 0 Å². The molecule has 27 valence electrons. The Balaban J connectivity index is 2.65. The average Bonchev–Trinajstić information content (AvgIpc) is 1.41. The maximum atomic E-state index is 3.56. The van der Waals surface area contributed by atoms with Gasteiger partial charge in [-0.05, 0) is 0 Å². The molecule has 0 nitrogen and oxygen atoms in total. The summed E-state index contributed by atoms with van der Waals surface area (Å²) < 4.78 is 3.99. The van der Waals surface area contributed by atoms with Gasteiger partial charge in [0.2, 0.25) is 0 Å². The van der Waals surface area contributed by atoms with Gasteiger partial charge in [-0.1, -0.05) is 0 Å². The first-order chi connectivity index (χ1) is 2.41. The van der Waals surface area contributed by atoms with E-state index >= 15 is 0 Å². The molecule has 0 saturated heterocycles. The Morgan fingerprint density at radius 1 is 1.20 bits per heavy atom. The van der Waals surface area contributed by atoms with Crippen molar-refractivity contribution in [2.75, 3.05) is 0 Å². The zero-order valence-corrected chi connectivity index (χ0v) is 6.49. The van der Waals surface area contributed by atoms with Crippen LogP contribution in [0.15, 0.2) is 20.7 Å². The van der Waals surface area contributed by atoms with Crippen LogP contribution >= 0.6 is 0 Å². The second kappa shape index (κ2) is 4.36. The summed E-state index contributed by atoms with van der Waals surface area (Å²) in [5.74, 6) is 0. The van der Waals surface area contributed by atoms with Crippen molar-refractivity contribution in [3.63, 3.8) is 0 Å². The SMILES string of the molecule is C=[CH][Bi][CH]=C. The molecular weight excluding hydrogens is 257 g/mol. The number of hydrogen-bond donors (Lipinski definition) is 0. The van der Waals surface area contributed by atoms with Crippen molar-refractivity contribution in [1.82, 2.24) is 0 Å². The van der Waals surface area contributed by atoms with Crippen molar-refractivity contribution < 1.29 is 0 Å². The van der Waals surface area contributed by atoms with E-state index in [1.54, 1.807) is 0 Å². The maximum absolute atomic E-state index is 3.56. The quantitative estimate of drug-likeness (QED) is 0.651. The molecule has 0 bridgehead atoms. The molecule has 0 aliphatic heterocycles. The molecule has 0 heterocycles. The van der Waals surface area contributed by atoms with Gasteiger partial charge in [0.1, 0.15) is 0 Å². The summed E-state index contributed by atoms with van der Waals surface area (Å²) in [6.07, 6.45) is 0. The molecule has 0 aliphatic rings. The van der Waals surface area contributed by atoms with Crippen LogP contribution in [-0.4, -0.2) is 23.2 Å². The Bertz CT molecular complexity index is 32.9. The second-order valence-electron chi connectivity index (χ2n) is 0.514. The third-order valence-electron chi connectivity index (χ3n) is 0.211. The van der Waals surface area contributed by atoms with Gasteiger partial charge in [-0.25, -0.2) is 0 Å². The van der Waals surface area contributed by atoms with Crippen molar-refractivity contribution in [3.8, 4) is 0 Å². The van der Waals surface area contributed by atoms with E-state index < -0.39 is 0 Å². The van der Waals surface area contributed by atoms with Gasteiger partial charge in [-0.15, -0.1) is 0 Å². The van der Waals surface area contributed by atoms with Crippen LogP contribution in [0.2, 0.25) is 0 Å². The van der Waals surface area contributed by atoms with E-state index in [-0.39, 0.29) is 23.2 Å². The van der Waals surface area contributed by atoms with E-state index in [0.717, 1.165) is 0 Å². The average molecular weight is 263 g/mol. The van der Waals surface area contributed by atoms with Crippen molar-refractivity contribution in [1.29, 1.82) is 0 Å². The molecule has 0 unspecified atom stereocenters. The fraction of sp³-hybridized carbons (Fsp3) is 0. The Hall–Kier alpha value is 0.363. The summed E-state index contributed by atoms with van der Waals surface area (Å²) in [6, 6.07) is 0. The van der Waals surface area contributed by atoms with Gasteiger partial charge < -0.3 is 0 Å². The fourth-order valence-electron chi connectivity index (χ4n) is 0.0745. The molecular formula is C4H6Bi. The van der Waals surface area contributed by atoms with Crippen molar-refractivity contribution in [2.45, 2.75) is 0 Å². The monoisotopic (exact) mass is 263 g/mol. The molecule has 0 aliphatic carbocycles. The molecule has 0 amide bonds. The van der Waals surface area contributed by atoms with Gasteiger partial charge in [0.05, 0.1) is 0 Å². The zero-order valence-electron chi connectivity index (χ0n) is 3.02. The predicted octanol–water partition coefficient (Wildman–Crippen LogP) is 0.978. The first kappa shape index (κ1) is 5.36. The van der Waals surface area contributed by atoms with Crippen molar-refractivity contribution in [3.05, 3.63) is 20.7 Å². The molecule has 0 rings (SSSR count). The normalized spacial score (nSPS) is 6.40. The van der Waals surface area contributed by atoms with E-state index in [1.807, 2.05) is 7.57 Å². The summed E-state index contributed by atoms with van der Waals surface area (Å²) in [5.41, 5.74) is 0. The van der Waals surface area contributed by atoms with E-state index in [1.165, 1.54) is 0 Å². The standard InChI is InChI=1S/2C2H3.Bi/c2*1-2;/h2*1H,2H2;. The predicted molar refractivity (Wildman–Crippen MR) is 26.1 cm³/mol. The van der Waals surface area contributed by atoms with Gasteiger partial charge in [-0.3, -0.25) is 0 Å². The molecule has 0 aromatic rings. The van der Waals surface area contributed by atoms with Gasteiger partial charge in [0, 0.05) is 0 Å². The van der Waals surface area contributed by atoms with Crippen LogP contribution in [-0.2, 0) is 0 Å². The van der Waals surface area contributed by atoms with E-state index in [4.69, 9.17) is 0 Å². The van der Waals surface area contributed by atoms with E-state index in [0.29, 0.717) is 0 Å². The summed E-state index contributed by atoms with van der Waals surface area (Å²) in [5, 5.41) is 0. The van der Waals surface area contributed by atoms with Crippen LogP contribution in [0.25, 0.3) is 0 Å². The van der Waals surface area contributed by atoms with Crippen molar-refractivity contribution >= 4 is 23.2 Å². The molecule has 0 aromatic carbocycles. The Labute approximate surface area is 44.2 Å². The molecule has 0 aromatic heterocycles. The summed E-state index contributed by atoms with van der Waals surface area (Å²) in [4.78, 5) is 0. The fourth-order valence-corrected chi connectivity index (χ4v) is 0.654. The van der Waals surface area contributed by atoms with Gasteiger partial charge in [-0.2, -0.15) is 0 Å². The number of hydrogen-bond acceptors (Lipinski definition) is 0. The minimum absolute atomic E-state index is 0.327. The van der Waals surface area contributed by atoms with Gasteiger partial charge in [0.25, 0.3) is 0 Å². The first-order valence-electron chi connectivity index (χ1n) is 1.33. The third kappa shape index (κ3) is 4.36. The Kier molecular flexibility index (Phi) is 4.68. The molecule has 1 radical (unpaired) electrons. The van der Waals surface area contributed by atoms with Crippen LogP contribution in [0.1, 0.15) is 0 Å². The summed E-state index contributed by atoms with van der Waals surface area (Å²) in [7, 11) is 0. The third-order valence-corrected chi connectivity index (χ3v) is 1.85. The van der Waals surface area contributed by atoms with Crippen LogP contribution in [0.3, 0.4) is 0 Å². The minimum atomic E-state index is -0.327. The molecule has 0 saturated carbocycles. The van der Waals surface area contributed by atoms with Crippen LogP contribution < -0.4 is 0 Å². The Morgan fingerprint density at radius 3 is 1.60 bits per heavy atom. The molecule has 5 heavy (non-hydrogen) atoms. The topological polar surface area (TPSA) is 0 Å². The molecule has 0 N–H and O–H groups in total. The summed E-state index contributed by atoms with van der Waals surface area (Å²) in [6.45, 7) is 7.12. The number of rotatable bonds is 2. The molecule has 1 heteroatoms. The van der Waals surface area contributed by atoms with E-state index in [2.05, 4.69) is 13.2 Å². The second-order valence-corrected chi connectivity index (χ2v) is 4.51. The zero-order chi connectivity index (χ0) is 4.12. The first-order valence-corrected chi connectivity index (χ1v) is 5.35. The summed E-state index contributed by atoms with van der Waals surface area (Å²) >= 11 is -0.327. The van der Waals surface area contributed by atoms with Crippen LogP contribution in [0.5, 0.6) is 0 Å². The molecule has 0 atom stereocenters.